The van der Waals surface area contributed by atoms with E-state index in [1.54, 1.807) is 0 Å². The predicted octanol–water partition coefficient (Wildman–Crippen LogP) is 6.69. The van der Waals surface area contributed by atoms with Crippen LogP contribution >= 0.6 is 0 Å². The second-order valence-electron chi connectivity index (χ2n) is 9.80. The van der Waals surface area contributed by atoms with E-state index in [4.69, 9.17) is 0 Å². The molecule has 156 valence electrons. The molecule has 1 rings (SSSR count). The van der Waals surface area contributed by atoms with Gasteiger partial charge in [-0.25, -0.2) is 0 Å². The fraction of sp³-hybridized carbons (Fsp3) is 1.00. The van der Waals surface area contributed by atoms with Crippen LogP contribution in [0.25, 0.3) is 0 Å². The molecule has 0 spiro atoms. The lowest BCUT2D eigenvalue weighted by Crippen LogP contribution is -2.68. The highest BCUT2D eigenvalue weighted by Crippen LogP contribution is 2.42. The second kappa shape index (κ2) is 12.4. The summed E-state index contributed by atoms with van der Waals surface area (Å²) in [5, 5.41) is 8.16. The zero-order chi connectivity index (χ0) is 19.6. The van der Waals surface area contributed by atoms with Crippen LogP contribution in [-0.4, -0.2) is 23.7 Å². The molecule has 2 unspecified atom stereocenters. The van der Waals surface area contributed by atoms with Crippen molar-refractivity contribution in [3.63, 3.8) is 0 Å². The van der Waals surface area contributed by atoms with E-state index in [1.165, 1.54) is 70.6 Å². The van der Waals surface area contributed by atoms with Gasteiger partial charge in [0.25, 0.3) is 0 Å². The molecule has 1 aliphatic carbocycles. The van der Waals surface area contributed by atoms with E-state index in [-0.39, 0.29) is 5.54 Å². The SMILES string of the molecule is CCCCCCCCC(NC(C)C)C(NC(C)C)(C(C)C)C1CCCC1. The highest BCUT2D eigenvalue weighted by Gasteiger charge is 2.48. The molecule has 0 radical (unpaired) electrons. The van der Waals surface area contributed by atoms with Crippen molar-refractivity contribution in [2.45, 2.75) is 143 Å². The van der Waals surface area contributed by atoms with Gasteiger partial charge in [0.05, 0.1) is 0 Å². The fourth-order valence-electron chi connectivity index (χ4n) is 5.44. The smallest absolute Gasteiger partial charge is 0.0388 e. The average Bonchev–Trinajstić information content (AvgIpc) is 3.08. The number of hydrogen-bond acceptors (Lipinski definition) is 2. The van der Waals surface area contributed by atoms with Gasteiger partial charge in [-0.2, -0.15) is 0 Å². The van der Waals surface area contributed by atoms with Crippen molar-refractivity contribution in [2.24, 2.45) is 11.8 Å². The van der Waals surface area contributed by atoms with Gasteiger partial charge in [0.15, 0.2) is 0 Å². The average molecular weight is 367 g/mol. The highest BCUT2D eigenvalue weighted by molar-refractivity contribution is 5.07. The number of unbranched alkanes of at least 4 members (excludes halogenated alkanes) is 5. The van der Waals surface area contributed by atoms with Gasteiger partial charge in [-0.05, 0) is 31.1 Å². The Bertz CT molecular complexity index is 344. The maximum absolute atomic E-state index is 4.14. The summed E-state index contributed by atoms with van der Waals surface area (Å²) in [5.74, 6) is 1.48. The minimum absolute atomic E-state index is 0.234. The third-order valence-electron chi connectivity index (χ3n) is 6.48. The molecule has 1 aliphatic rings. The van der Waals surface area contributed by atoms with Gasteiger partial charge in [0.2, 0.25) is 0 Å². The van der Waals surface area contributed by atoms with Crippen molar-refractivity contribution < 1.29 is 0 Å². The number of rotatable bonds is 14. The van der Waals surface area contributed by atoms with Crippen LogP contribution in [0, 0.1) is 11.8 Å². The Morgan fingerprint density at radius 2 is 1.38 bits per heavy atom. The Morgan fingerprint density at radius 1 is 0.808 bits per heavy atom. The highest BCUT2D eigenvalue weighted by atomic mass is 15.1. The van der Waals surface area contributed by atoms with Gasteiger partial charge < -0.3 is 10.6 Å². The second-order valence-corrected chi connectivity index (χ2v) is 9.80. The van der Waals surface area contributed by atoms with Crippen LogP contribution < -0.4 is 10.6 Å². The lowest BCUT2D eigenvalue weighted by molar-refractivity contribution is 0.0721. The molecular weight excluding hydrogens is 316 g/mol. The summed E-state index contributed by atoms with van der Waals surface area (Å²) in [6.45, 7) is 16.5. The van der Waals surface area contributed by atoms with E-state index < -0.39 is 0 Å². The Labute approximate surface area is 165 Å². The van der Waals surface area contributed by atoms with E-state index in [0.717, 1.165) is 5.92 Å². The molecule has 0 heterocycles. The Hall–Kier alpha value is -0.0800. The van der Waals surface area contributed by atoms with Crippen molar-refractivity contribution in [1.82, 2.24) is 10.6 Å². The summed E-state index contributed by atoms with van der Waals surface area (Å²) in [6, 6.07) is 1.67. The lowest BCUT2D eigenvalue weighted by Gasteiger charge is -2.51. The number of nitrogens with one attached hydrogen (secondary N) is 2. The summed E-state index contributed by atoms with van der Waals surface area (Å²) >= 11 is 0. The molecule has 2 N–H and O–H groups in total. The van der Waals surface area contributed by atoms with Gasteiger partial charge in [-0.1, -0.05) is 99.8 Å². The van der Waals surface area contributed by atoms with Crippen molar-refractivity contribution in [2.75, 3.05) is 0 Å². The monoisotopic (exact) mass is 366 g/mol. The van der Waals surface area contributed by atoms with Gasteiger partial charge in [-0.15, -0.1) is 0 Å². The molecule has 2 nitrogen and oxygen atoms in total. The quantitative estimate of drug-likeness (QED) is 0.335. The van der Waals surface area contributed by atoms with Crippen LogP contribution in [0.1, 0.15) is 119 Å². The fourth-order valence-corrected chi connectivity index (χ4v) is 5.44. The lowest BCUT2D eigenvalue weighted by atomic mass is 9.67. The van der Waals surface area contributed by atoms with Gasteiger partial charge in [-0.3, -0.25) is 0 Å². The van der Waals surface area contributed by atoms with Crippen LogP contribution in [0.4, 0.5) is 0 Å². The molecule has 0 aliphatic heterocycles. The van der Waals surface area contributed by atoms with Crippen molar-refractivity contribution in [1.29, 1.82) is 0 Å². The summed E-state index contributed by atoms with van der Waals surface area (Å²) in [4.78, 5) is 0. The summed E-state index contributed by atoms with van der Waals surface area (Å²) in [7, 11) is 0. The first kappa shape index (κ1) is 24.0. The van der Waals surface area contributed by atoms with Crippen LogP contribution in [0.5, 0.6) is 0 Å². The first-order chi connectivity index (χ1) is 12.3. The van der Waals surface area contributed by atoms with Crippen molar-refractivity contribution in [3.05, 3.63) is 0 Å². The molecular formula is C24H50N2. The zero-order valence-electron chi connectivity index (χ0n) is 19.2. The molecule has 0 aromatic rings. The van der Waals surface area contributed by atoms with E-state index in [9.17, 15) is 0 Å². The van der Waals surface area contributed by atoms with Gasteiger partial charge in [0.1, 0.15) is 0 Å². The predicted molar refractivity (Wildman–Crippen MR) is 118 cm³/mol. The maximum Gasteiger partial charge on any atom is 0.0388 e. The van der Waals surface area contributed by atoms with E-state index in [1.807, 2.05) is 0 Å². The summed E-state index contributed by atoms with van der Waals surface area (Å²) in [6.07, 6.45) is 15.3. The van der Waals surface area contributed by atoms with E-state index in [2.05, 4.69) is 59.1 Å². The summed E-state index contributed by atoms with van der Waals surface area (Å²) < 4.78 is 0. The molecule has 0 aromatic carbocycles. The molecule has 26 heavy (non-hydrogen) atoms. The van der Waals surface area contributed by atoms with Crippen molar-refractivity contribution >= 4 is 0 Å². The van der Waals surface area contributed by atoms with Crippen LogP contribution in [-0.2, 0) is 0 Å². The van der Waals surface area contributed by atoms with Gasteiger partial charge >= 0.3 is 0 Å². The molecule has 0 aromatic heterocycles. The minimum atomic E-state index is 0.234. The van der Waals surface area contributed by atoms with E-state index >= 15 is 0 Å². The standard InChI is InChI=1S/C24H50N2/c1-8-9-10-11-12-13-18-23(25-20(4)5)24(19(2)3,26-21(6)7)22-16-14-15-17-22/h19-23,25-26H,8-18H2,1-7H3. The Kier molecular flexibility index (Phi) is 11.4. The molecule has 2 atom stereocenters. The van der Waals surface area contributed by atoms with Crippen LogP contribution in [0.3, 0.4) is 0 Å². The minimum Gasteiger partial charge on any atom is -0.310 e. The van der Waals surface area contributed by atoms with Crippen LogP contribution in [0.2, 0.25) is 0 Å². The normalized spacial score (nSPS) is 19.6. The third kappa shape index (κ3) is 7.15. The van der Waals surface area contributed by atoms with Crippen molar-refractivity contribution in [3.8, 4) is 0 Å². The topological polar surface area (TPSA) is 24.1 Å². The van der Waals surface area contributed by atoms with Gasteiger partial charge in [0, 0.05) is 23.7 Å². The first-order valence-electron chi connectivity index (χ1n) is 11.9. The molecule has 2 heteroatoms. The molecule has 0 saturated heterocycles. The molecule has 1 saturated carbocycles. The van der Waals surface area contributed by atoms with Crippen LogP contribution in [0.15, 0.2) is 0 Å². The first-order valence-corrected chi connectivity index (χ1v) is 11.9. The Balaban J connectivity index is 2.91. The number of hydrogen-bond donors (Lipinski definition) is 2. The molecule has 0 amide bonds. The molecule has 0 bridgehead atoms. The Morgan fingerprint density at radius 3 is 1.88 bits per heavy atom. The molecule has 1 fully saturated rings. The third-order valence-corrected chi connectivity index (χ3v) is 6.48. The summed E-state index contributed by atoms with van der Waals surface area (Å²) in [5.41, 5.74) is 0.234. The zero-order valence-corrected chi connectivity index (χ0v) is 19.2. The maximum atomic E-state index is 4.14. The van der Waals surface area contributed by atoms with E-state index in [0.29, 0.717) is 24.0 Å². The largest absolute Gasteiger partial charge is 0.310 e.